The van der Waals surface area contributed by atoms with E-state index >= 15 is 0 Å². The van der Waals surface area contributed by atoms with Gasteiger partial charge in [0, 0.05) is 24.3 Å². The highest BCUT2D eigenvalue weighted by Crippen LogP contribution is 2.25. The number of hydrogen-bond donors (Lipinski definition) is 0. The van der Waals surface area contributed by atoms with E-state index in [2.05, 4.69) is 20.9 Å². The fraction of sp³-hybridized carbons (Fsp3) is 0.455. The van der Waals surface area contributed by atoms with E-state index in [1.54, 1.807) is 6.92 Å². The summed E-state index contributed by atoms with van der Waals surface area (Å²) in [5.74, 6) is -0.451. The van der Waals surface area contributed by atoms with E-state index in [1.165, 1.54) is 19.3 Å². The van der Waals surface area contributed by atoms with E-state index in [4.69, 9.17) is 16.3 Å². The van der Waals surface area contributed by atoms with Crippen LogP contribution >= 0.6 is 27.5 Å². The first-order valence-corrected chi connectivity index (χ1v) is 8.33. The standard InChI is InChI=1S/C11H14BrClN2O4S/c1-3-19-10(16)4-5-15(2)20(17,18)9-6-8(12)7-14-11(9)13/h6-7H,3-5H2,1-2H3. The Kier molecular flexibility index (Phi) is 6.38. The zero-order valence-corrected chi connectivity index (χ0v) is 14.1. The van der Waals surface area contributed by atoms with Crippen molar-refractivity contribution in [2.24, 2.45) is 0 Å². The molecule has 6 nitrogen and oxygen atoms in total. The zero-order valence-electron chi connectivity index (χ0n) is 11.0. The Morgan fingerprint density at radius 3 is 2.80 bits per heavy atom. The Morgan fingerprint density at radius 1 is 1.55 bits per heavy atom. The van der Waals surface area contributed by atoms with Crippen LogP contribution in [-0.2, 0) is 19.6 Å². The van der Waals surface area contributed by atoms with Gasteiger partial charge in [-0.3, -0.25) is 4.79 Å². The van der Waals surface area contributed by atoms with E-state index in [9.17, 15) is 13.2 Å². The van der Waals surface area contributed by atoms with Crippen LogP contribution in [0, 0.1) is 0 Å². The molecule has 1 aromatic heterocycles. The van der Waals surface area contributed by atoms with Gasteiger partial charge in [0.05, 0.1) is 13.0 Å². The first-order valence-electron chi connectivity index (χ1n) is 5.72. The SMILES string of the molecule is CCOC(=O)CCN(C)S(=O)(=O)c1cc(Br)cnc1Cl. The monoisotopic (exact) mass is 384 g/mol. The van der Waals surface area contributed by atoms with E-state index in [-0.39, 0.29) is 29.6 Å². The van der Waals surface area contributed by atoms with Crippen LogP contribution in [0.1, 0.15) is 13.3 Å². The molecule has 20 heavy (non-hydrogen) atoms. The Hall–Kier alpha value is -0.700. The molecule has 0 bridgehead atoms. The number of carbonyl (C=O) groups excluding carboxylic acids is 1. The van der Waals surface area contributed by atoms with Gasteiger partial charge in [-0.25, -0.2) is 17.7 Å². The number of aromatic nitrogens is 1. The summed E-state index contributed by atoms with van der Waals surface area (Å²) in [6, 6.07) is 1.37. The lowest BCUT2D eigenvalue weighted by molar-refractivity contribution is -0.143. The maximum atomic E-state index is 12.3. The molecule has 9 heteroatoms. The van der Waals surface area contributed by atoms with E-state index in [0.717, 1.165) is 4.31 Å². The van der Waals surface area contributed by atoms with Crippen LogP contribution in [0.4, 0.5) is 0 Å². The topological polar surface area (TPSA) is 76.6 Å². The molecule has 1 heterocycles. The van der Waals surface area contributed by atoms with Crippen LogP contribution in [0.3, 0.4) is 0 Å². The fourth-order valence-corrected chi connectivity index (χ4v) is 3.44. The molecule has 0 aliphatic rings. The molecule has 0 unspecified atom stereocenters. The molecule has 112 valence electrons. The van der Waals surface area contributed by atoms with Gasteiger partial charge in [0.25, 0.3) is 0 Å². The van der Waals surface area contributed by atoms with Crippen molar-refractivity contribution < 1.29 is 17.9 Å². The molecule has 0 fully saturated rings. The van der Waals surface area contributed by atoms with Gasteiger partial charge in [-0.05, 0) is 28.9 Å². The van der Waals surface area contributed by atoms with Crippen molar-refractivity contribution in [1.29, 1.82) is 0 Å². The molecule has 0 aliphatic heterocycles. The fourth-order valence-electron chi connectivity index (χ4n) is 1.35. The van der Waals surface area contributed by atoms with Crippen LogP contribution < -0.4 is 0 Å². The third-order valence-corrected chi connectivity index (χ3v) is 5.12. The quantitative estimate of drug-likeness (QED) is 0.553. The van der Waals surface area contributed by atoms with Crippen molar-refractivity contribution in [2.75, 3.05) is 20.2 Å². The minimum Gasteiger partial charge on any atom is -0.466 e. The molecule has 0 radical (unpaired) electrons. The van der Waals surface area contributed by atoms with Crippen molar-refractivity contribution in [2.45, 2.75) is 18.2 Å². The second-order valence-electron chi connectivity index (χ2n) is 3.82. The summed E-state index contributed by atoms with van der Waals surface area (Å²) < 4.78 is 30.9. The molecule has 0 amide bonds. The minimum atomic E-state index is -3.80. The average Bonchev–Trinajstić information content (AvgIpc) is 2.38. The van der Waals surface area contributed by atoms with Crippen molar-refractivity contribution in [3.05, 3.63) is 21.9 Å². The predicted molar refractivity (Wildman–Crippen MR) is 78.0 cm³/mol. The zero-order chi connectivity index (χ0) is 15.3. The smallest absolute Gasteiger partial charge is 0.307 e. The van der Waals surface area contributed by atoms with Crippen molar-refractivity contribution in [3.63, 3.8) is 0 Å². The molecule has 0 aromatic carbocycles. The Morgan fingerprint density at radius 2 is 2.20 bits per heavy atom. The lowest BCUT2D eigenvalue weighted by Crippen LogP contribution is -2.30. The van der Waals surface area contributed by atoms with Crippen molar-refractivity contribution >= 4 is 43.5 Å². The van der Waals surface area contributed by atoms with Gasteiger partial charge in [-0.15, -0.1) is 0 Å². The summed E-state index contributed by atoms with van der Waals surface area (Å²) in [6.45, 7) is 1.95. The van der Waals surface area contributed by atoms with Crippen LogP contribution in [-0.4, -0.2) is 43.9 Å². The average molecular weight is 386 g/mol. The number of hydrogen-bond acceptors (Lipinski definition) is 5. The molecular formula is C11H14BrClN2O4S. The second-order valence-corrected chi connectivity index (χ2v) is 7.11. The molecule has 0 aliphatic carbocycles. The lowest BCUT2D eigenvalue weighted by Gasteiger charge is -2.17. The number of esters is 1. The summed E-state index contributed by atoms with van der Waals surface area (Å²) in [6.07, 6.45) is 1.38. The number of nitrogens with zero attached hydrogens (tertiary/aromatic N) is 2. The highest BCUT2D eigenvalue weighted by atomic mass is 79.9. The van der Waals surface area contributed by atoms with Gasteiger partial charge in [0.1, 0.15) is 10.0 Å². The summed E-state index contributed by atoms with van der Waals surface area (Å²) in [5.41, 5.74) is 0. The molecule has 0 N–H and O–H groups in total. The van der Waals surface area contributed by atoms with Gasteiger partial charge in [0.2, 0.25) is 10.0 Å². The molecule has 0 atom stereocenters. The van der Waals surface area contributed by atoms with Crippen LogP contribution in [0.5, 0.6) is 0 Å². The van der Waals surface area contributed by atoms with E-state index < -0.39 is 16.0 Å². The second kappa shape index (κ2) is 7.35. The third-order valence-electron chi connectivity index (χ3n) is 2.40. The largest absolute Gasteiger partial charge is 0.466 e. The van der Waals surface area contributed by atoms with Gasteiger partial charge in [-0.2, -0.15) is 0 Å². The maximum Gasteiger partial charge on any atom is 0.307 e. The Bertz CT molecular complexity index is 594. The maximum absolute atomic E-state index is 12.3. The van der Waals surface area contributed by atoms with Crippen LogP contribution in [0.2, 0.25) is 5.15 Å². The number of pyridine rings is 1. The predicted octanol–water partition coefficient (Wildman–Crippen LogP) is 2.07. The van der Waals surface area contributed by atoms with E-state index in [0.29, 0.717) is 4.47 Å². The first-order chi connectivity index (χ1) is 9.28. The molecule has 0 spiro atoms. The van der Waals surface area contributed by atoms with Gasteiger partial charge in [-0.1, -0.05) is 11.6 Å². The highest BCUT2D eigenvalue weighted by Gasteiger charge is 2.25. The molecule has 1 aromatic rings. The normalized spacial score (nSPS) is 11.7. The molecule has 0 saturated carbocycles. The first kappa shape index (κ1) is 17.4. The van der Waals surface area contributed by atoms with Gasteiger partial charge < -0.3 is 4.74 Å². The molecule has 0 saturated heterocycles. The summed E-state index contributed by atoms with van der Waals surface area (Å²) in [5, 5.41) is -0.115. The number of rotatable bonds is 6. The molecular weight excluding hydrogens is 372 g/mol. The number of sulfonamides is 1. The summed E-state index contributed by atoms with van der Waals surface area (Å²) in [7, 11) is -2.43. The van der Waals surface area contributed by atoms with Crippen molar-refractivity contribution in [1.82, 2.24) is 9.29 Å². The Balaban J connectivity index is 2.87. The highest BCUT2D eigenvalue weighted by molar-refractivity contribution is 9.10. The van der Waals surface area contributed by atoms with Gasteiger partial charge >= 0.3 is 5.97 Å². The van der Waals surface area contributed by atoms with Crippen molar-refractivity contribution in [3.8, 4) is 0 Å². The Labute approximate surface area is 131 Å². The van der Waals surface area contributed by atoms with Crippen LogP contribution in [0.15, 0.2) is 21.6 Å². The third kappa shape index (κ3) is 4.41. The number of ether oxygens (including phenoxy) is 1. The van der Waals surface area contributed by atoms with Crippen LogP contribution in [0.25, 0.3) is 0 Å². The molecule has 1 rings (SSSR count). The number of carbonyl (C=O) groups is 1. The lowest BCUT2D eigenvalue weighted by atomic mass is 10.4. The van der Waals surface area contributed by atoms with Gasteiger partial charge in [0.15, 0.2) is 0 Å². The van der Waals surface area contributed by atoms with E-state index in [1.807, 2.05) is 0 Å². The number of halogens is 2. The minimum absolute atomic E-state index is 0.00398. The summed E-state index contributed by atoms with van der Waals surface area (Å²) in [4.78, 5) is 14.9. The summed E-state index contributed by atoms with van der Waals surface area (Å²) >= 11 is 8.95.